The number of ether oxygens (including phenoxy) is 1. The van der Waals surface area contributed by atoms with E-state index in [1.807, 2.05) is 0 Å². The fraction of sp³-hybridized carbons (Fsp3) is 0.250. The Kier molecular flexibility index (Phi) is 6.23. The maximum Gasteiger partial charge on any atom is 0.202 e. The summed E-state index contributed by atoms with van der Waals surface area (Å²) in [6, 6.07) is 4.91. The van der Waals surface area contributed by atoms with Crippen LogP contribution < -0.4 is 4.74 Å². The number of ketones is 2. The molecule has 1 rings (SSSR count). The van der Waals surface area contributed by atoms with Crippen LogP contribution >= 0.6 is 0 Å². The van der Waals surface area contributed by atoms with Crippen LogP contribution in [-0.2, 0) is 9.59 Å². The first-order valence-corrected chi connectivity index (χ1v) is 6.29. The molecule has 0 bridgehead atoms. The van der Waals surface area contributed by atoms with E-state index in [1.54, 1.807) is 43.4 Å². The van der Waals surface area contributed by atoms with Gasteiger partial charge in [-0.05, 0) is 24.6 Å². The molecule has 0 fully saturated rings. The summed E-state index contributed by atoms with van der Waals surface area (Å²) in [5.74, 6) is -0.396. The van der Waals surface area contributed by atoms with Gasteiger partial charge in [-0.1, -0.05) is 30.4 Å². The van der Waals surface area contributed by atoms with E-state index in [4.69, 9.17) is 4.74 Å². The molecule has 106 valence electrons. The number of phenolic OH excluding ortho intramolecular Hbond substituents is 1. The molecule has 0 saturated heterocycles. The predicted octanol–water partition coefficient (Wildman–Crippen LogP) is 2.91. The Morgan fingerprint density at radius 2 is 1.85 bits per heavy atom. The third kappa shape index (κ3) is 4.72. The molecule has 1 aromatic rings. The third-order valence-electron chi connectivity index (χ3n) is 2.67. The van der Waals surface area contributed by atoms with Crippen molar-refractivity contribution >= 4 is 17.6 Å². The number of hydrogen-bond donors (Lipinski definition) is 1. The number of Topliss-reactive ketones (excluding diaryl/α,β-unsaturated/α-hetero) is 2. The van der Waals surface area contributed by atoms with E-state index < -0.39 is 11.6 Å². The molecular formula is C16H18O4. The fourth-order valence-corrected chi connectivity index (χ4v) is 1.57. The zero-order valence-electron chi connectivity index (χ0n) is 11.6. The van der Waals surface area contributed by atoms with Crippen molar-refractivity contribution in [2.45, 2.75) is 19.8 Å². The molecule has 20 heavy (non-hydrogen) atoms. The van der Waals surface area contributed by atoms with Crippen LogP contribution in [0.25, 0.3) is 6.08 Å². The van der Waals surface area contributed by atoms with Crippen LogP contribution in [0, 0.1) is 0 Å². The second-order valence-corrected chi connectivity index (χ2v) is 4.16. The molecule has 1 N–H and O–H groups in total. The van der Waals surface area contributed by atoms with Gasteiger partial charge >= 0.3 is 0 Å². The molecule has 4 heteroatoms. The van der Waals surface area contributed by atoms with Crippen LogP contribution in [0.5, 0.6) is 11.5 Å². The van der Waals surface area contributed by atoms with Gasteiger partial charge in [-0.2, -0.15) is 0 Å². The molecule has 0 spiro atoms. The SMILES string of the molecule is C/C=C\CC(=O)C(=O)C/C=C\c1ccc(OC)c(O)c1. The Labute approximate surface area is 118 Å². The van der Waals surface area contributed by atoms with Gasteiger partial charge in [0, 0.05) is 12.8 Å². The minimum absolute atomic E-state index is 0.0325. The van der Waals surface area contributed by atoms with Crippen LogP contribution in [0.4, 0.5) is 0 Å². The number of phenols is 1. The van der Waals surface area contributed by atoms with Gasteiger partial charge in [0.1, 0.15) is 0 Å². The number of aromatic hydroxyl groups is 1. The molecule has 0 aliphatic rings. The summed E-state index contributed by atoms with van der Waals surface area (Å²) < 4.78 is 4.93. The lowest BCUT2D eigenvalue weighted by atomic mass is 10.1. The Morgan fingerprint density at radius 1 is 1.20 bits per heavy atom. The van der Waals surface area contributed by atoms with E-state index in [1.165, 1.54) is 13.2 Å². The van der Waals surface area contributed by atoms with E-state index in [0.717, 1.165) is 5.56 Å². The van der Waals surface area contributed by atoms with Gasteiger partial charge in [0.25, 0.3) is 0 Å². The third-order valence-corrected chi connectivity index (χ3v) is 2.67. The van der Waals surface area contributed by atoms with Crippen molar-refractivity contribution in [2.24, 2.45) is 0 Å². The maximum atomic E-state index is 11.5. The maximum absolute atomic E-state index is 11.5. The monoisotopic (exact) mass is 274 g/mol. The quantitative estimate of drug-likeness (QED) is 0.613. The van der Waals surface area contributed by atoms with Crippen LogP contribution in [0.1, 0.15) is 25.3 Å². The summed E-state index contributed by atoms with van der Waals surface area (Å²) in [6.45, 7) is 1.80. The summed E-state index contributed by atoms with van der Waals surface area (Å²) >= 11 is 0. The smallest absolute Gasteiger partial charge is 0.202 e. The zero-order valence-corrected chi connectivity index (χ0v) is 11.6. The number of hydrogen-bond acceptors (Lipinski definition) is 4. The minimum atomic E-state index is -0.419. The van der Waals surface area contributed by atoms with Gasteiger partial charge in [-0.25, -0.2) is 0 Å². The average Bonchev–Trinajstić information content (AvgIpc) is 2.44. The molecule has 0 radical (unpaired) electrons. The van der Waals surface area contributed by atoms with E-state index in [0.29, 0.717) is 5.75 Å². The predicted molar refractivity (Wildman–Crippen MR) is 77.8 cm³/mol. The second-order valence-electron chi connectivity index (χ2n) is 4.16. The Bertz CT molecular complexity index is 541. The lowest BCUT2D eigenvalue weighted by Gasteiger charge is -2.03. The van der Waals surface area contributed by atoms with Gasteiger partial charge in [0.05, 0.1) is 7.11 Å². The van der Waals surface area contributed by atoms with E-state index in [2.05, 4.69) is 0 Å². The first-order chi connectivity index (χ1) is 9.58. The lowest BCUT2D eigenvalue weighted by molar-refractivity contribution is -0.135. The van der Waals surface area contributed by atoms with Crippen molar-refractivity contribution in [3.05, 3.63) is 42.0 Å². The summed E-state index contributed by atoms with van der Waals surface area (Å²) in [5.41, 5.74) is 0.733. The highest BCUT2D eigenvalue weighted by Crippen LogP contribution is 2.26. The Hall–Kier alpha value is -2.36. The first kappa shape index (κ1) is 15.7. The average molecular weight is 274 g/mol. The van der Waals surface area contributed by atoms with Crippen molar-refractivity contribution in [1.82, 2.24) is 0 Å². The summed E-state index contributed by atoms with van der Waals surface area (Å²) in [4.78, 5) is 22.9. The molecule has 0 aromatic heterocycles. The van der Waals surface area contributed by atoms with Crippen LogP contribution in [-0.4, -0.2) is 23.8 Å². The summed E-state index contributed by atoms with van der Waals surface area (Å²) in [5, 5.41) is 9.60. The molecule has 0 aliphatic heterocycles. The molecule has 0 unspecified atom stereocenters. The molecular weight excluding hydrogens is 256 g/mol. The van der Waals surface area contributed by atoms with E-state index in [9.17, 15) is 14.7 Å². The van der Waals surface area contributed by atoms with Gasteiger partial charge in [0.2, 0.25) is 11.6 Å². The topological polar surface area (TPSA) is 63.6 Å². The lowest BCUT2D eigenvalue weighted by Crippen LogP contribution is -2.11. The highest BCUT2D eigenvalue weighted by atomic mass is 16.5. The van der Waals surface area contributed by atoms with Crippen molar-refractivity contribution in [2.75, 3.05) is 7.11 Å². The molecule has 0 saturated carbocycles. The van der Waals surface area contributed by atoms with Gasteiger partial charge in [0.15, 0.2) is 11.5 Å². The largest absolute Gasteiger partial charge is 0.504 e. The Morgan fingerprint density at radius 3 is 2.40 bits per heavy atom. The molecule has 0 aliphatic carbocycles. The van der Waals surface area contributed by atoms with Crippen LogP contribution in [0.2, 0.25) is 0 Å². The Balaban J connectivity index is 2.58. The standard InChI is InChI=1S/C16H18O4/c1-3-4-7-13(17)14(18)8-5-6-12-9-10-16(20-2)15(19)11-12/h3-6,9-11,19H,7-8H2,1-2H3/b4-3-,6-5-. The van der Waals surface area contributed by atoms with Crippen LogP contribution in [0.3, 0.4) is 0 Å². The van der Waals surface area contributed by atoms with E-state index >= 15 is 0 Å². The number of allylic oxidation sites excluding steroid dienone is 3. The molecule has 0 amide bonds. The van der Waals surface area contributed by atoms with Crippen LogP contribution in [0.15, 0.2) is 36.4 Å². The summed E-state index contributed by atoms with van der Waals surface area (Å²) in [7, 11) is 1.47. The highest BCUT2D eigenvalue weighted by molar-refractivity contribution is 6.37. The highest BCUT2D eigenvalue weighted by Gasteiger charge is 2.09. The molecule has 4 nitrogen and oxygen atoms in total. The van der Waals surface area contributed by atoms with Crippen molar-refractivity contribution in [3.8, 4) is 11.5 Å². The van der Waals surface area contributed by atoms with Gasteiger partial charge in [-0.3, -0.25) is 9.59 Å². The summed E-state index contributed by atoms with van der Waals surface area (Å²) in [6.07, 6.45) is 6.89. The van der Waals surface area contributed by atoms with Gasteiger partial charge < -0.3 is 9.84 Å². The van der Waals surface area contributed by atoms with Crippen molar-refractivity contribution < 1.29 is 19.4 Å². The zero-order chi connectivity index (χ0) is 15.0. The van der Waals surface area contributed by atoms with Gasteiger partial charge in [-0.15, -0.1) is 0 Å². The first-order valence-electron chi connectivity index (χ1n) is 6.29. The molecule has 0 atom stereocenters. The number of carbonyl (C=O) groups is 2. The normalized spacial score (nSPS) is 11.1. The number of methoxy groups -OCH3 is 1. The van der Waals surface area contributed by atoms with E-state index in [-0.39, 0.29) is 18.6 Å². The number of carbonyl (C=O) groups excluding carboxylic acids is 2. The fourth-order valence-electron chi connectivity index (χ4n) is 1.57. The number of benzene rings is 1. The van der Waals surface area contributed by atoms with Crippen molar-refractivity contribution in [3.63, 3.8) is 0 Å². The van der Waals surface area contributed by atoms with Crippen molar-refractivity contribution in [1.29, 1.82) is 0 Å². The minimum Gasteiger partial charge on any atom is -0.504 e. The number of rotatable bonds is 7. The second kappa shape index (κ2) is 7.94. The molecule has 0 heterocycles. The molecule has 1 aromatic carbocycles.